The highest BCUT2D eigenvalue weighted by Gasteiger charge is 2.56. The number of aliphatic hydroxyl groups excluding tert-OH is 1. The first kappa shape index (κ1) is 15.9. The molecule has 0 bridgehead atoms. The summed E-state index contributed by atoms with van der Waals surface area (Å²) in [4.78, 5) is 0. The van der Waals surface area contributed by atoms with Crippen LogP contribution in [-0.2, 0) is 25.6 Å². The van der Waals surface area contributed by atoms with Crippen LogP contribution in [0.15, 0.2) is 30.3 Å². The maximum atomic E-state index is 10.2. The Bertz CT molecular complexity index is 489. The number of hydrogen-bond acceptors (Lipinski definition) is 5. The second kappa shape index (κ2) is 6.26. The molecule has 2 aliphatic heterocycles. The molecule has 0 aliphatic carbocycles. The van der Waals surface area contributed by atoms with Crippen molar-refractivity contribution in [2.75, 3.05) is 0 Å². The van der Waals surface area contributed by atoms with Crippen LogP contribution in [0.3, 0.4) is 0 Å². The average Bonchev–Trinajstić information content (AvgIpc) is 2.97. The highest BCUT2D eigenvalue weighted by Crippen LogP contribution is 2.40. The normalized spacial score (nSPS) is 34.5. The highest BCUT2D eigenvalue weighted by atomic mass is 16.8. The molecule has 2 heterocycles. The van der Waals surface area contributed by atoms with Gasteiger partial charge in [-0.05, 0) is 25.8 Å². The molecule has 2 unspecified atom stereocenters. The van der Waals surface area contributed by atoms with Gasteiger partial charge >= 0.3 is 0 Å². The highest BCUT2D eigenvalue weighted by molar-refractivity contribution is 5.13. The van der Waals surface area contributed by atoms with Crippen molar-refractivity contribution in [2.45, 2.75) is 70.3 Å². The van der Waals surface area contributed by atoms with Crippen LogP contribution in [0.2, 0.25) is 0 Å². The molecule has 5 heteroatoms. The molecular weight excluding hydrogens is 284 g/mol. The van der Waals surface area contributed by atoms with Crippen LogP contribution in [0, 0.1) is 0 Å². The van der Waals surface area contributed by atoms with Gasteiger partial charge in [-0.2, -0.15) is 0 Å². The van der Waals surface area contributed by atoms with Gasteiger partial charge in [0, 0.05) is 0 Å². The molecule has 0 aromatic heterocycles. The van der Waals surface area contributed by atoms with E-state index in [1.807, 2.05) is 51.1 Å². The molecule has 5 atom stereocenters. The van der Waals surface area contributed by atoms with Crippen LogP contribution in [0.4, 0.5) is 0 Å². The minimum atomic E-state index is -0.689. The predicted molar refractivity (Wildman–Crippen MR) is 80.0 cm³/mol. The SMILES string of the molecule is CCC(O)[C@H]1O[C@@H]2OC(C)(C)OC2[C@@H]1OCc1ccccc1. The van der Waals surface area contributed by atoms with Crippen molar-refractivity contribution in [1.29, 1.82) is 0 Å². The van der Waals surface area contributed by atoms with Gasteiger partial charge in [-0.3, -0.25) is 0 Å². The fourth-order valence-corrected chi connectivity index (χ4v) is 3.00. The third-order valence-electron chi connectivity index (χ3n) is 4.11. The van der Waals surface area contributed by atoms with Gasteiger partial charge in [-0.15, -0.1) is 0 Å². The van der Waals surface area contributed by atoms with Crippen molar-refractivity contribution in [3.63, 3.8) is 0 Å². The zero-order valence-corrected chi connectivity index (χ0v) is 13.3. The summed E-state index contributed by atoms with van der Waals surface area (Å²) in [6.07, 6.45) is -1.58. The first-order chi connectivity index (χ1) is 10.5. The standard InChI is InChI=1S/C17H24O5/c1-4-12(18)13-14(19-10-11-8-6-5-7-9-11)15-16(20-13)22-17(2,3)21-15/h5-9,12-16,18H,4,10H2,1-3H3/t12?,13-,14-,15?,16-/m1/s1. The van der Waals surface area contributed by atoms with Crippen LogP contribution in [0.25, 0.3) is 0 Å². The monoisotopic (exact) mass is 308 g/mol. The van der Waals surface area contributed by atoms with E-state index in [1.165, 1.54) is 0 Å². The third kappa shape index (κ3) is 3.19. The maximum absolute atomic E-state index is 10.2. The van der Waals surface area contributed by atoms with Gasteiger partial charge in [0.1, 0.15) is 18.3 Å². The summed E-state index contributed by atoms with van der Waals surface area (Å²) in [5.41, 5.74) is 1.08. The molecule has 0 radical (unpaired) electrons. The lowest BCUT2D eigenvalue weighted by atomic mass is 10.0. The van der Waals surface area contributed by atoms with Gasteiger partial charge in [-0.25, -0.2) is 0 Å². The van der Waals surface area contributed by atoms with Crippen molar-refractivity contribution < 1.29 is 24.1 Å². The maximum Gasteiger partial charge on any atom is 0.190 e. The van der Waals surface area contributed by atoms with Crippen molar-refractivity contribution in [1.82, 2.24) is 0 Å². The Hall–Kier alpha value is -0.980. The van der Waals surface area contributed by atoms with Gasteiger partial charge < -0.3 is 24.1 Å². The quantitative estimate of drug-likeness (QED) is 0.904. The van der Waals surface area contributed by atoms with E-state index in [4.69, 9.17) is 18.9 Å². The van der Waals surface area contributed by atoms with E-state index in [1.54, 1.807) is 0 Å². The van der Waals surface area contributed by atoms with Gasteiger partial charge in [0.05, 0.1) is 12.7 Å². The molecule has 5 nitrogen and oxygen atoms in total. The van der Waals surface area contributed by atoms with E-state index in [0.717, 1.165) is 5.56 Å². The van der Waals surface area contributed by atoms with Gasteiger partial charge in [0.2, 0.25) is 0 Å². The number of hydrogen-bond donors (Lipinski definition) is 1. The fraction of sp³-hybridized carbons (Fsp3) is 0.647. The van der Waals surface area contributed by atoms with Crippen LogP contribution >= 0.6 is 0 Å². The number of aliphatic hydroxyl groups is 1. The van der Waals surface area contributed by atoms with E-state index < -0.39 is 24.3 Å². The molecular formula is C17H24O5. The zero-order valence-electron chi connectivity index (χ0n) is 13.3. The lowest BCUT2D eigenvalue weighted by molar-refractivity contribution is -0.230. The Morgan fingerprint density at radius 1 is 1.23 bits per heavy atom. The lowest BCUT2D eigenvalue weighted by Crippen LogP contribution is -2.42. The Kier molecular flexibility index (Phi) is 4.52. The Labute approximate surface area is 131 Å². The van der Waals surface area contributed by atoms with Crippen molar-refractivity contribution in [3.8, 4) is 0 Å². The minimum Gasteiger partial charge on any atom is -0.390 e. The topological polar surface area (TPSA) is 57.2 Å². The van der Waals surface area contributed by atoms with Gasteiger partial charge in [0.25, 0.3) is 0 Å². The molecule has 2 aliphatic rings. The summed E-state index contributed by atoms with van der Waals surface area (Å²) in [5.74, 6) is -0.689. The molecule has 1 aromatic carbocycles. The molecule has 2 fully saturated rings. The van der Waals surface area contributed by atoms with Crippen LogP contribution in [0.5, 0.6) is 0 Å². The first-order valence-corrected chi connectivity index (χ1v) is 7.85. The minimum absolute atomic E-state index is 0.315. The summed E-state index contributed by atoms with van der Waals surface area (Å²) in [7, 11) is 0. The van der Waals surface area contributed by atoms with E-state index in [-0.39, 0.29) is 12.2 Å². The zero-order chi connectivity index (χ0) is 15.7. The predicted octanol–water partition coefficient (Wildman–Crippen LogP) is 2.22. The average molecular weight is 308 g/mol. The lowest BCUT2D eigenvalue weighted by Gasteiger charge is -2.28. The molecule has 1 N–H and O–H groups in total. The molecule has 0 spiro atoms. The molecule has 2 saturated heterocycles. The molecule has 0 saturated carbocycles. The second-order valence-electron chi connectivity index (χ2n) is 6.31. The summed E-state index contributed by atoms with van der Waals surface area (Å²) < 4.78 is 23.6. The molecule has 3 rings (SSSR count). The molecule has 22 heavy (non-hydrogen) atoms. The van der Waals surface area contributed by atoms with Gasteiger partial charge in [0.15, 0.2) is 12.1 Å². The first-order valence-electron chi connectivity index (χ1n) is 7.85. The Morgan fingerprint density at radius 2 is 1.95 bits per heavy atom. The Balaban J connectivity index is 1.71. The molecule has 122 valence electrons. The number of benzene rings is 1. The third-order valence-corrected chi connectivity index (χ3v) is 4.11. The van der Waals surface area contributed by atoms with E-state index in [0.29, 0.717) is 13.0 Å². The number of fused-ring (bicyclic) bond motifs is 1. The van der Waals surface area contributed by atoms with E-state index in [9.17, 15) is 5.11 Å². The summed E-state index contributed by atoms with van der Waals surface area (Å²) >= 11 is 0. The smallest absolute Gasteiger partial charge is 0.190 e. The summed E-state index contributed by atoms with van der Waals surface area (Å²) in [5, 5.41) is 10.2. The van der Waals surface area contributed by atoms with Gasteiger partial charge in [-0.1, -0.05) is 37.3 Å². The summed E-state index contributed by atoms with van der Waals surface area (Å²) in [6.45, 7) is 6.08. The summed E-state index contributed by atoms with van der Waals surface area (Å²) in [6, 6.07) is 9.94. The molecule has 1 aromatic rings. The van der Waals surface area contributed by atoms with Crippen LogP contribution < -0.4 is 0 Å². The van der Waals surface area contributed by atoms with Crippen molar-refractivity contribution in [3.05, 3.63) is 35.9 Å². The Morgan fingerprint density at radius 3 is 2.64 bits per heavy atom. The van der Waals surface area contributed by atoms with E-state index >= 15 is 0 Å². The van der Waals surface area contributed by atoms with Crippen LogP contribution in [0.1, 0.15) is 32.8 Å². The van der Waals surface area contributed by atoms with Crippen molar-refractivity contribution >= 4 is 0 Å². The van der Waals surface area contributed by atoms with E-state index in [2.05, 4.69) is 0 Å². The number of rotatable bonds is 5. The van der Waals surface area contributed by atoms with Crippen molar-refractivity contribution in [2.24, 2.45) is 0 Å². The molecule has 0 amide bonds. The number of ether oxygens (including phenoxy) is 4. The van der Waals surface area contributed by atoms with Crippen LogP contribution in [-0.4, -0.2) is 41.6 Å². The fourth-order valence-electron chi connectivity index (χ4n) is 3.00. The largest absolute Gasteiger partial charge is 0.390 e. The second-order valence-corrected chi connectivity index (χ2v) is 6.31.